The highest BCUT2D eigenvalue weighted by atomic mass is 32.1. The average Bonchev–Trinajstić information content (AvgIpc) is 2.72. The first-order chi connectivity index (χ1) is 13.2. The van der Waals surface area contributed by atoms with Crippen LogP contribution in [-0.2, 0) is 6.54 Å². The van der Waals surface area contributed by atoms with Crippen LogP contribution in [0.1, 0.15) is 22.7 Å². The van der Waals surface area contributed by atoms with Crippen LogP contribution in [0, 0.1) is 0 Å². The first-order valence-electron chi connectivity index (χ1n) is 8.67. The first kappa shape index (κ1) is 18.7. The zero-order valence-electron chi connectivity index (χ0n) is 15.1. The number of hydrogen-bond donors (Lipinski definition) is 3. The van der Waals surface area contributed by atoms with Crippen molar-refractivity contribution in [2.75, 3.05) is 7.11 Å². The van der Waals surface area contributed by atoms with Gasteiger partial charge in [-0.3, -0.25) is 0 Å². The van der Waals surface area contributed by atoms with Crippen molar-refractivity contribution in [3.05, 3.63) is 95.6 Å². The monoisotopic (exact) mass is 378 g/mol. The highest BCUT2D eigenvalue weighted by Crippen LogP contribution is 2.26. The Morgan fingerprint density at radius 3 is 2.11 bits per heavy atom. The van der Waals surface area contributed by atoms with Gasteiger partial charge in [0.15, 0.2) is 16.6 Å². The van der Waals surface area contributed by atoms with Crippen molar-refractivity contribution in [3.8, 4) is 11.5 Å². The predicted octanol–water partition coefficient (Wildman–Crippen LogP) is 4.15. The van der Waals surface area contributed by atoms with Gasteiger partial charge in [0.25, 0.3) is 0 Å². The lowest BCUT2D eigenvalue weighted by Gasteiger charge is -2.22. The summed E-state index contributed by atoms with van der Waals surface area (Å²) in [5.74, 6) is 0.565. The number of ether oxygens (including phenoxy) is 1. The third-order valence-corrected chi connectivity index (χ3v) is 4.50. The largest absolute Gasteiger partial charge is 0.504 e. The third-order valence-electron chi connectivity index (χ3n) is 4.24. The Morgan fingerprint density at radius 2 is 1.56 bits per heavy atom. The van der Waals surface area contributed by atoms with Crippen LogP contribution >= 0.6 is 12.2 Å². The van der Waals surface area contributed by atoms with Crippen molar-refractivity contribution in [2.45, 2.75) is 12.6 Å². The third kappa shape index (κ3) is 4.99. The lowest BCUT2D eigenvalue weighted by atomic mass is 9.99. The molecule has 0 atom stereocenters. The molecule has 0 spiro atoms. The van der Waals surface area contributed by atoms with Crippen LogP contribution < -0.4 is 15.4 Å². The molecule has 0 saturated carbocycles. The number of benzene rings is 3. The summed E-state index contributed by atoms with van der Waals surface area (Å²) in [6, 6.07) is 25.6. The molecule has 3 rings (SSSR count). The number of rotatable bonds is 6. The molecule has 138 valence electrons. The lowest BCUT2D eigenvalue weighted by Crippen LogP contribution is -2.37. The minimum Gasteiger partial charge on any atom is -0.504 e. The summed E-state index contributed by atoms with van der Waals surface area (Å²) >= 11 is 5.51. The second kappa shape index (κ2) is 9.05. The van der Waals surface area contributed by atoms with Crippen LogP contribution in [0.2, 0.25) is 0 Å². The van der Waals surface area contributed by atoms with Gasteiger partial charge in [0.1, 0.15) is 0 Å². The Labute approximate surface area is 164 Å². The fourth-order valence-electron chi connectivity index (χ4n) is 2.85. The van der Waals surface area contributed by atoms with Gasteiger partial charge in [-0.25, -0.2) is 0 Å². The Kier molecular flexibility index (Phi) is 6.28. The van der Waals surface area contributed by atoms with E-state index in [0.29, 0.717) is 17.4 Å². The molecule has 3 aromatic rings. The molecule has 0 unspecified atom stereocenters. The maximum Gasteiger partial charge on any atom is 0.167 e. The number of aromatic hydroxyl groups is 1. The number of nitrogens with one attached hydrogen (secondary N) is 2. The molecule has 0 heterocycles. The number of thiocarbonyl (C=S) groups is 1. The summed E-state index contributed by atoms with van der Waals surface area (Å²) in [6.45, 7) is 0.527. The topological polar surface area (TPSA) is 53.5 Å². The molecule has 4 nitrogen and oxygen atoms in total. The molecule has 0 aliphatic carbocycles. The molecule has 5 heteroatoms. The summed E-state index contributed by atoms with van der Waals surface area (Å²) in [4.78, 5) is 0. The minimum atomic E-state index is -0.0400. The number of hydrogen-bond acceptors (Lipinski definition) is 3. The van der Waals surface area contributed by atoms with Crippen molar-refractivity contribution in [2.24, 2.45) is 0 Å². The van der Waals surface area contributed by atoms with E-state index in [4.69, 9.17) is 17.0 Å². The Bertz CT molecular complexity index is 846. The van der Waals surface area contributed by atoms with E-state index in [0.717, 1.165) is 16.7 Å². The average molecular weight is 378 g/mol. The zero-order chi connectivity index (χ0) is 19.1. The van der Waals surface area contributed by atoms with Gasteiger partial charge in [-0.2, -0.15) is 0 Å². The highest BCUT2D eigenvalue weighted by Gasteiger charge is 2.14. The molecule has 0 aliphatic heterocycles. The fraction of sp³-hybridized carbons (Fsp3) is 0.136. The van der Waals surface area contributed by atoms with E-state index in [1.54, 1.807) is 12.1 Å². The van der Waals surface area contributed by atoms with Gasteiger partial charge in [-0.15, -0.1) is 0 Å². The summed E-state index contributed by atoms with van der Waals surface area (Å²) in [6.07, 6.45) is 0. The SMILES string of the molecule is COc1cc(CNC(=S)NC(c2ccccc2)c2ccccc2)ccc1O. The molecule has 3 aromatic carbocycles. The molecule has 0 saturated heterocycles. The van der Waals surface area contributed by atoms with Crippen molar-refractivity contribution in [3.63, 3.8) is 0 Å². The Balaban J connectivity index is 1.70. The number of phenolic OH excluding ortho intramolecular Hbond substituents is 1. The summed E-state index contributed by atoms with van der Waals surface area (Å²) in [5, 5.41) is 16.9. The zero-order valence-corrected chi connectivity index (χ0v) is 15.9. The standard InChI is InChI=1S/C22H22N2O2S/c1-26-20-14-16(12-13-19(20)25)15-23-22(27)24-21(17-8-4-2-5-9-17)18-10-6-3-7-11-18/h2-14,21,25H,15H2,1H3,(H2,23,24,27). The second-order valence-electron chi connectivity index (χ2n) is 6.09. The Morgan fingerprint density at radius 1 is 0.963 bits per heavy atom. The van der Waals surface area contributed by atoms with Crippen LogP contribution in [0.15, 0.2) is 78.9 Å². The van der Waals surface area contributed by atoms with Gasteiger partial charge < -0.3 is 20.5 Å². The van der Waals surface area contributed by atoms with Crippen molar-refractivity contribution >= 4 is 17.3 Å². The van der Waals surface area contributed by atoms with Crippen molar-refractivity contribution in [1.82, 2.24) is 10.6 Å². The van der Waals surface area contributed by atoms with Gasteiger partial charge in [-0.05, 0) is 41.0 Å². The fourth-order valence-corrected chi connectivity index (χ4v) is 3.04. The van der Waals surface area contributed by atoms with Crippen molar-refractivity contribution in [1.29, 1.82) is 0 Å². The second-order valence-corrected chi connectivity index (χ2v) is 6.50. The van der Waals surface area contributed by atoms with Crippen LogP contribution in [0.25, 0.3) is 0 Å². The molecule has 0 aromatic heterocycles. The van der Waals surface area contributed by atoms with Gasteiger partial charge in [-0.1, -0.05) is 66.7 Å². The molecule has 0 fully saturated rings. The normalized spacial score (nSPS) is 10.4. The van der Waals surface area contributed by atoms with E-state index in [1.165, 1.54) is 7.11 Å². The molecular weight excluding hydrogens is 356 g/mol. The Hall–Kier alpha value is -3.05. The van der Waals surface area contributed by atoms with Crippen LogP contribution in [0.4, 0.5) is 0 Å². The summed E-state index contributed by atoms with van der Waals surface area (Å²) in [7, 11) is 1.53. The molecule has 0 radical (unpaired) electrons. The molecule has 0 aliphatic rings. The number of phenols is 1. The molecule has 0 amide bonds. The maximum absolute atomic E-state index is 9.70. The number of methoxy groups -OCH3 is 1. The van der Waals surface area contributed by atoms with E-state index in [2.05, 4.69) is 34.9 Å². The van der Waals surface area contributed by atoms with Gasteiger partial charge in [0.2, 0.25) is 0 Å². The highest BCUT2D eigenvalue weighted by molar-refractivity contribution is 7.80. The van der Waals surface area contributed by atoms with Gasteiger partial charge >= 0.3 is 0 Å². The van der Waals surface area contributed by atoms with E-state index in [1.807, 2.05) is 42.5 Å². The lowest BCUT2D eigenvalue weighted by molar-refractivity contribution is 0.373. The molecule has 3 N–H and O–H groups in total. The van der Waals surface area contributed by atoms with Crippen LogP contribution in [-0.4, -0.2) is 17.3 Å². The van der Waals surface area contributed by atoms with Gasteiger partial charge in [0.05, 0.1) is 13.2 Å². The van der Waals surface area contributed by atoms with E-state index < -0.39 is 0 Å². The van der Waals surface area contributed by atoms with E-state index in [9.17, 15) is 5.11 Å². The quantitative estimate of drug-likeness (QED) is 0.563. The molecular formula is C22H22N2O2S. The predicted molar refractivity (Wildman–Crippen MR) is 112 cm³/mol. The minimum absolute atomic E-state index is 0.0400. The summed E-state index contributed by atoms with van der Waals surface area (Å²) < 4.78 is 5.15. The smallest absolute Gasteiger partial charge is 0.167 e. The van der Waals surface area contributed by atoms with Crippen molar-refractivity contribution < 1.29 is 9.84 Å². The summed E-state index contributed by atoms with van der Waals surface area (Å²) in [5.41, 5.74) is 3.24. The first-order valence-corrected chi connectivity index (χ1v) is 9.08. The van der Waals surface area contributed by atoms with Crippen LogP contribution in [0.5, 0.6) is 11.5 Å². The molecule has 0 bridgehead atoms. The van der Waals surface area contributed by atoms with Crippen LogP contribution in [0.3, 0.4) is 0 Å². The van der Waals surface area contributed by atoms with Gasteiger partial charge in [0, 0.05) is 6.54 Å². The maximum atomic E-state index is 9.70. The van der Waals surface area contributed by atoms with E-state index in [-0.39, 0.29) is 11.8 Å². The molecule has 27 heavy (non-hydrogen) atoms. The van der Waals surface area contributed by atoms with E-state index >= 15 is 0 Å².